The molecule has 0 amide bonds. The molecule has 2 nitrogen and oxygen atoms in total. The molecule has 5 aliphatic rings. The van der Waals surface area contributed by atoms with Gasteiger partial charge in [-0.3, -0.25) is 0 Å². The lowest BCUT2D eigenvalue weighted by molar-refractivity contribution is -0.140. The number of fused-ring (bicyclic) bond motifs is 2. The minimum atomic E-state index is 0.443. The van der Waals surface area contributed by atoms with E-state index in [1.165, 1.54) is 116 Å². The van der Waals surface area contributed by atoms with Gasteiger partial charge in [0.15, 0.2) is 0 Å². The van der Waals surface area contributed by atoms with E-state index in [-0.39, 0.29) is 0 Å². The van der Waals surface area contributed by atoms with Crippen LogP contribution < -0.4 is 0 Å². The number of ether oxygens (including phenoxy) is 2. The molecule has 0 aromatic heterocycles. The molecule has 0 saturated heterocycles. The van der Waals surface area contributed by atoms with Crippen LogP contribution in [0.5, 0.6) is 0 Å². The van der Waals surface area contributed by atoms with E-state index >= 15 is 0 Å². The zero-order valence-corrected chi connectivity index (χ0v) is 19.9. The third-order valence-electron chi connectivity index (χ3n) is 9.76. The van der Waals surface area contributed by atoms with Crippen LogP contribution in [0.25, 0.3) is 0 Å². The van der Waals surface area contributed by atoms with Crippen LogP contribution in [0.15, 0.2) is 0 Å². The predicted octanol–water partition coefficient (Wildman–Crippen LogP) is 7.50. The minimum absolute atomic E-state index is 0.443. The molecule has 174 valence electrons. The molecule has 0 radical (unpaired) electrons. The van der Waals surface area contributed by atoms with Gasteiger partial charge in [0.25, 0.3) is 0 Å². The zero-order valence-electron chi connectivity index (χ0n) is 19.9. The third kappa shape index (κ3) is 6.09. The molecule has 7 unspecified atom stereocenters. The average Bonchev–Trinajstić information content (AvgIpc) is 2.83. The fraction of sp³-hybridized carbons (Fsp3) is 0.931. The monoisotopic (exact) mass is 426 g/mol. The van der Waals surface area contributed by atoms with Gasteiger partial charge in [0.05, 0.1) is 12.2 Å². The lowest BCUT2D eigenvalue weighted by Gasteiger charge is -2.41. The SMILES string of the molecule is C(#CC1CCC2CC(OCOC3CCCCC3)CCC2C1)C1CCC2CCCCC2C1. The molecule has 0 aliphatic heterocycles. The Morgan fingerprint density at radius 2 is 1.00 bits per heavy atom. The molecular formula is C29H46O2. The summed E-state index contributed by atoms with van der Waals surface area (Å²) in [6, 6.07) is 0. The maximum atomic E-state index is 6.18. The lowest BCUT2D eigenvalue weighted by Crippen LogP contribution is -2.34. The molecule has 2 heteroatoms. The summed E-state index contributed by atoms with van der Waals surface area (Å²) in [4.78, 5) is 0. The van der Waals surface area contributed by atoms with Crippen molar-refractivity contribution < 1.29 is 9.47 Å². The Hall–Kier alpha value is -0.520. The normalized spacial score (nSPS) is 41.5. The molecule has 5 saturated carbocycles. The lowest BCUT2D eigenvalue weighted by atomic mass is 9.66. The summed E-state index contributed by atoms with van der Waals surface area (Å²) in [5.41, 5.74) is 0. The van der Waals surface area contributed by atoms with Crippen LogP contribution in [0.1, 0.15) is 116 Å². The molecule has 5 aliphatic carbocycles. The Balaban J connectivity index is 1.02. The van der Waals surface area contributed by atoms with Gasteiger partial charge < -0.3 is 9.47 Å². The summed E-state index contributed by atoms with van der Waals surface area (Å²) in [5.74, 6) is 12.8. The van der Waals surface area contributed by atoms with Crippen molar-refractivity contribution >= 4 is 0 Å². The molecule has 5 rings (SSSR count). The van der Waals surface area contributed by atoms with Gasteiger partial charge in [-0.25, -0.2) is 0 Å². The number of hydrogen-bond acceptors (Lipinski definition) is 2. The molecule has 0 aromatic carbocycles. The quantitative estimate of drug-likeness (QED) is 0.342. The Kier molecular flexibility index (Phi) is 7.96. The highest BCUT2D eigenvalue weighted by atomic mass is 16.7. The topological polar surface area (TPSA) is 18.5 Å². The highest BCUT2D eigenvalue weighted by Crippen LogP contribution is 2.44. The van der Waals surface area contributed by atoms with Crippen LogP contribution in [0.2, 0.25) is 0 Å². The summed E-state index contributed by atoms with van der Waals surface area (Å²) in [6.07, 6.45) is 25.6. The average molecular weight is 427 g/mol. The van der Waals surface area contributed by atoms with Crippen LogP contribution >= 0.6 is 0 Å². The molecule has 0 heterocycles. The van der Waals surface area contributed by atoms with Gasteiger partial charge in [0.1, 0.15) is 6.79 Å². The first-order valence-electron chi connectivity index (χ1n) is 14.1. The van der Waals surface area contributed by atoms with Gasteiger partial charge in [-0.1, -0.05) is 56.8 Å². The second kappa shape index (κ2) is 11.1. The van der Waals surface area contributed by atoms with Crippen molar-refractivity contribution in [1.82, 2.24) is 0 Å². The molecule has 0 bridgehead atoms. The van der Waals surface area contributed by atoms with Crippen molar-refractivity contribution in [2.45, 2.75) is 128 Å². The summed E-state index contributed by atoms with van der Waals surface area (Å²) < 4.78 is 12.2. The van der Waals surface area contributed by atoms with Crippen molar-refractivity contribution in [3.63, 3.8) is 0 Å². The van der Waals surface area contributed by atoms with Crippen molar-refractivity contribution in [3.05, 3.63) is 0 Å². The first kappa shape index (κ1) is 22.3. The fourth-order valence-corrected chi connectivity index (χ4v) is 7.83. The summed E-state index contributed by atoms with van der Waals surface area (Å²) in [6.45, 7) is 0.532. The van der Waals surface area contributed by atoms with Crippen molar-refractivity contribution in [3.8, 4) is 11.8 Å². The summed E-state index contributed by atoms with van der Waals surface area (Å²) >= 11 is 0. The smallest absolute Gasteiger partial charge is 0.147 e. The molecule has 0 spiro atoms. The van der Waals surface area contributed by atoms with Crippen molar-refractivity contribution in [1.29, 1.82) is 0 Å². The first-order chi connectivity index (χ1) is 15.3. The summed E-state index contributed by atoms with van der Waals surface area (Å²) in [5, 5.41) is 0. The van der Waals surface area contributed by atoms with Gasteiger partial charge in [0.2, 0.25) is 0 Å². The molecule has 7 atom stereocenters. The van der Waals surface area contributed by atoms with E-state index in [4.69, 9.17) is 9.47 Å². The van der Waals surface area contributed by atoms with Crippen LogP contribution in [0.4, 0.5) is 0 Å². The number of hydrogen-bond donors (Lipinski definition) is 0. The van der Waals surface area contributed by atoms with E-state index in [1.807, 2.05) is 0 Å². The van der Waals surface area contributed by atoms with Crippen molar-refractivity contribution in [2.24, 2.45) is 35.5 Å². The van der Waals surface area contributed by atoms with Crippen LogP contribution in [0, 0.1) is 47.3 Å². The van der Waals surface area contributed by atoms with Gasteiger partial charge in [-0.15, -0.1) is 0 Å². The molecule has 0 N–H and O–H groups in total. The fourth-order valence-electron chi connectivity index (χ4n) is 7.83. The summed E-state index contributed by atoms with van der Waals surface area (Å²) in [7, 11) is 0. The molecular weight excluding hydrogens is 380 g/mol. The van der Waals surface area contributed by atoms with E-state index in [2.05, 4.69) is 11.8 Å². The Labute approximate surface area is 191 Å². The molecule has 0 aromatic rings. The largest absolute Gasteiger partial charge is 0.352 e. The van der Waals surface area contributed by atoms with Gasteiger partial charge in [0, 0.05) is 11.8 Å². The van der Waals surface area contributed by atoms with E-state index < -0.39 is 0 Å². The third-order valence-corrected chi connectivity index (χ3v) is 9.76. The van der Waals surface area contributed by atoms with Crippen LogP contribution in [-0.4, -0.2) is 19.0 Å². The number of rotatable bonds is 4. The van der Waals surface area contributed by atoms with E-state index in [1.54, 1.807) is 0 Å². The molecule has 5 fully saturated rings. The second-order valence-electron chi connectivity index (χ2n) is 11.8. The first-order valence-corrected chi connectivity index (χ1v) is 14.1. The standard InChI is InChI=1S/C29H46O2/c1-2-8-28(9-3-1)30-21-31-29-17-16-26-19-23(13-15-27(26)20-29)11-10-22-12-14-24-6-4-5-7-25(24)18-22/h22-29H,1-9,12-21H2. The zero-order chi connectivity index (χ0) is 20.9. The van der Waals surface area contributed by atoms with Gasteiger partial charge >= 0.3 is 0 Å². The highest BCUT2D eigenvalue weighted by molar-refractivity contribution is 5.10. The van der Waals surface area contributed by atoms with Gasteiger partial charge in [-0.05, 0) is 94.3 Å². The highest BCUT2D eigenvalue weighted by Gasteiger charge is 2.36. The Bertz CT molecular complexity index is 612. The van der Waals surface area contributed by atoms with Crippen molar-refractivity contribution in [2.75, 3.05) is 6.79 Å². The van der Waals surface area contributed by atoms with Crippen LogP contribution in [-0.2, 0) is 9.47 Å². The van der Waals surface area contributed by atoms with Crippen LogP contribution in [0.3, 0.4) is 0 Å². The maximum Gasteiger partial charge on any atom is 0.147 e. The second-order valence-corrected chi connectivity index (χ2v) is 11.8. The Morgan fingerprint density at radius 3 is 1.77 bits per heavy atom. The Morgan fingerprint density at radius 1 is 0.452 bits per heavy atom. The van der Waals surface area contributed by atoms with E-state index in [9.17, 15) is 0 Å². The van der Waals surface area contributed by atoms with E-state index in [0.717, 1.165) is 23.7 Å². The maximum absolute atomic E-state index is 6.18. The minimum Gasteiger partial charge on any atom is -0.352 e. The van der Waals surface area contributed by atoms with E-state index in [0.29, 0.717) is 30.8 Å². The van der Waals surface area contributed by atoms with Gasteiger partial charge in [-0.2, -0.15) is 0 Å². The predicted molar refractivity (Wildman–Crippen MR) is 126 cm³/mol. The molecule has 31 heavy (non-hydrogen) atoms.